The van der Waals surface area contributed by atoms with Gasteiger partial charge in [0, 0.05) is 61.7 Å². The van der Waals surface area contributed by atoms with Crippen LogP contribution in [0.1, 0.15) is 44.4 Å². The Hall–Kier alpha value is -2.87. The number of amides is 1. The van der Waals surface area contributed by atoms with E-state index in [-0.39, 0.29) is 11.9 Å². The molecule has 1 aliphatic carbocycles. The molecule has 3 aliphatic rings. The van der Waals surface area contributed by atoms with Gasteiger partial charge in [-0.25, -0.2) is 15.0 Å². The van der Waals surface area contributed by atoms with Gasteiger partial charge in [-0.1, -0.05) is 18.5 Å². The van der Waals surface area contributed by atoms with E-state index in [2.05, 4.69) is 43.1 Å². The number of hydrogen-bond donors (Lipinski definition) is 2. The van der Waals surface area contributed by atoms with Gasteiger partial charge in [0.05, 0.1) is 11.4 Å². The number of aromatic amines is 1. The van der Waals surface area contributed by atoms with E-state index >= 15 is 0 Å². The monoisotopic (exact) mass is 479 g/mol. The van der Waals surface area contributed by atoms with Crippen molar-refractivity contribution in [2.24, 2.45) is 11.8 Å². The van der Waals surface area contributed by atoms with E-state index in [4.69, 9.17) is 16.6 Å². The van der Waals surface area contributed by atoms with E-state index in [0.29, 0.717) is 29.5 Å². The lowest BCUT2D eigenvalue weighted by Gasteiger charge is -2.42. The number of H-pyrrole nitrogens is 1. The van der Waals surface area contributed by atoms with Gasteiger partial charge in [-0.15, -0.1) is 0 Å². The highest BCUT2D eigenvalue weighted by Crippen LogP contribution is 2.41. The van der Waals surface area contributed by atoms with Crippen molar-refractivity contribution >= 4 is 40.0 Å². The van der Waals surface area contributed by atoms with Gasteiger partial charge in [0.1, 0.15) is 22.9 Å². The normalized spacial score (nSPS) is 26.1. The van der Waals surface area contributed by atoms with Crippen molar-refractivity contribution in [3.05, 3.63) is 41.1 Å². The van der Waals surface area contributed by atoms with E-state index in [1.54, 1.807) is 6.33 Å². The number of fused-ring (bicyclic) bond motifs is 4. The van der Waals surface area contributed by atoms with Gasteiger partial charge in [0.2, 0.25) is 5.91 Å². The highest BCUT2D eigenvalue weighted by molar-refractivity contribution is 6.30. The van der Waals surface area contributed by atoms with Gasteiger partial charge < -0.3 is 20.1 Å². The van der Waals surface area contributed by atoms with Gasteiger partial charge >= 0.3 is 0 Å². The zero-order valence-electron chi connectivity index (χ0n) is 19.6. The maximum atomic E-state index is 12.1. The van der Waals surface area contributed by atoms with E-state index in [9.17, 15) is 4.79 Å². The Morgan fingerprint density at radius 2 is 2.06 bits per heavy atom. The summed E-state index contributed by atoms with van der Waals surface area (Å²) in [5, 5.41) is 4.85. The average Bonchev–Trinajstić information content (AvgIpc) is 3.38. The summed E-state index contributed by atoms with van der Waals surface area (Å²) >= 11 is 6.38. The second-order valence-electron chi connectivity index (χ2n) is 9.96. The summed E-state index contributed by atoms with van der Waals surface area (Å²) in [6.45, 7) is 6.74. The molecule has 3 aromatic heterocycles. The van der Waals surface area contributed by atoms with Crippen molar-refractivity contribution in [2.75, 3.05) is 22.9 Å². The lowest BCUT2D eigenvalue weighted by molar-refractivity contribution is -0.122. The highest BCUT2D eigenvalue weighted by atomic mass is 35.5. The lowest BCUT2D eigenvalue weighted by Crippen LogP contribution is -2.53. The van der Waals surface area contributed by atoms with Crippen LogP contribution in [0.4, 0.5) is 11.5 Å². The van der Waals surface area contributed by atoms with Crippen LogP contribution in [0.15, 0.2) is 24.7 Å². The van der Waals surface area contributed by atoms with Crippen molar-refractivity contribution < 1.29 is 4.79 Å². The maximum absolute atomic E-state index is 12.1. The van der Waals surface area contributed by atoms with Crippen LogP contribution in [-0.2, 0) is 17.8 Å². The molecule has 0 spiro atoms. The molecular weight excluding hydrogens is 450 g/mol. The van der Waals surface area contributed by atoms with Crippen LogP contribution in [0.2, 0.25) is 5.15 Å². The minimum atomic E-state index is 0.159. The largest absolute Gasteiger partial charge is 0.363 e. The third kappa shape index (κ3) is 3.59. The first-order valence-corrected chi connectivity index (χ1v) is 12.7. The second-order valence-corrected chi connectivity index (χ2v) is 10.3. The lowest BCUT2D eigenvalue weighted by atomic mass is 9.91. The molecule has 8 nitrogen and oxygen atoms in total. The van der Waals surface area contributed by atoms with Gasteiger partial charge in [0.15, 0.2) is 0 Å². The van der Waals surface area contributed by atoms with Crippen molar-refractivity contribution in [2.45, 2.75) is 58.2 Å². The second kappa shape index (κ2) is 8.41. The summed E-state index contributed by atoms with van der Waals surface area (Å²) in [5.41, 5.74) is 4.23. The van der Waals surface area contributed by atoms with Crippen LogP contribution in [0.3, 0.4) is 0 Å². The van der Waals surface area contributed by atoms with Gasteiger partial charge in [0.25, 0.3) is 0 Å². The third-order valence-electron chi connectivity index (χ3n) is 7.93. The zero-order chi connectivity index (χ0) is 23.4. The van der Waals surface area contributed by atoms with Crippen LogP contribution in [0, 0.1) is 11.8 Å². The minimum Gasteiger partial charge on any atom is -0.363 e. The molecule has 1 saturated carbocycles. The van der Waals surface area contributed by atoms with Crippen molar-refractivity contribution in [3.63, 3.8) is 0 Å². The van der Waals surface area contributed by atoms with Crippen LogP contribution >= 0.6 is 11.6 Å². The van der Waals surface area contributed by atoms with Gasteiger partial charge in [-0.05, 0) is 43.7 Å². The number of nitrogens with one attached hydrogen (secondary N) is 2. The molecule has 5 heterocycles. The fourth-order valence-corrected chi connectivity index (χ4v) is 6.42. The number of pyridine rings is 1. The summed E-state index contributed by atoms with van der Waals surface area (Å²) < 4.78 is 0. The number of hydrogen-bond acceptors (Lipinski definition) is 6. The molecule has 2 N–H and O–H groups in total. The Labute approximate surface area is 204 Å². The highest BCUT2D eigenvalue weighted by Gasteiger charge is 2.43. The van der Waals surface area contributed by atoms with Crippen LogP contribution in [0.5, 0.6) is 0 Å². The topological polar surface area (TPSA) is 90.0 Å². The number of aromatic nitrogens is 4. The number of rotatable bonds is 4. The van der Waals surface area contributed by atoms with E-state index < -0.39 is 0 Å². The van der Waals surface area contributed by atoms with E-state index in [1.165, 1.54) is 5.56 Å². The minimum absolute atomic E-state index is 0.159. The van der Waals surface area contributed by atoms with Gasteiger partial charge in [-0.3, -0.25) is 4.79 Å². The molecule has 2 bridgehead atoms. The molecule has 2 unspecified atom stereocenters. The van der Waals surface area contributed by atoms with Crippen LogP contribution < -0.4 is 15.1 Å². The summed E-state index contributed by atoms with van der Waals surface area (Å²) in [7, 11) is 0. The quantitative estimate of drug-likeness (QED) is 0.554. The molecule has 1 saturated heterocycles. The third-order valence-corrected chi connectivity index (χ3v) is 8.12. The molecule has 6 rings (SSSR count). The number of nitrogens with zero attached hydrogens (tertiary/aromatic N) is 5. The molecule has 3 aromatic rings. The predicted molar refractivity (Wildman–Crippen MR) is 133 cm³/mol. The molecule has 2 fully saturated rings. The molecule has 34 heavy (non-hydrogen) atoms. The summed E-state index contributed by atoms with van der Waals surface area (Å²) in [4.78, 5) is 34.0. The Balaban J connectivity index is 1.31. The van der Waals surface area contributed by atoms with E-state index in [0.717, 1.165) is 67.1 Å². The first kappa shape index (κ1) is 21.6. The molecule has 0 aromatic carbocycles. The standard InChI is InChI=1S/C25H30ClN7O/c1-3-22(34)31-23-15-4-5-16(23)11-32(10-15)25-18-12-33(14(2)8-19(18)28-13-29-25)20-9-21(26)30-24-17(20)6-7-27-24/h6-7,9,13-16,23H,3-5,8,10-12H2,1-2H3,(H,27,30)(H,31,34)/t14-,15?,16?,23?/m1/s1. The Kier molecular flexibility index (Phi) is 5.36. The van der Waals surface area contributed by atoms with Crippen LogP contribution in [0.25, 0.3) is 11.0 Å². The first-order chi connectivity index (χ1) is 16.5. The summed E-state index contributed by atoms with van der Waals surface area (Å²) in [6.07, 6.45) is 7.34. The van der Waals surface area contributed by atoms with E-state index in [1.807, 2.05) is 19.2 Å². The van der Waals surface area contributed by atoms with Crippen LogP contribution in [-0.4, -0.2) is 51.0 Å². The Bertz CT molecular complexity index is 1230. The smallest absolute Gasteiger partial charge is 0.219 e. The molecule has 2 aliphatic heterocycles. The molecule has 178 valence electrons. The molecule has 1 amide bonds. The molecule has 3 atom stereocenters. The number of piperidine rings is 1. The Morgan fingerprint density at radius 1 is 1.26 bits per heavy atom. The first-order valence-electron chi connectivity index (χ1n) is 12.3. The van der Waals surface area contributed by atoms with Crippen molar-refractivity contribution in [1.29, 1.82) is 0 Å². The maximum Gasteiger partial charge on any atom is 0.219 e. The Morgan fingerprint density at radius 3 is 2.82 bits per heavy atom. The fraction of sp³-hybridized carbons (Fsp3) is 0.520. The van der Waals surface area contributed by atoms with Crippen molar-refractivity contribution in [1.82, 2.24) is 25.3 Å². The zero-order valence-corrected chi connectivity index (χ0v) is 20.3. The molecule has 0 radical (unpaired) electrons. The number of carbonyl (C=O) groups excluding carboxylic acids is 1. The SMILES string of the molecule is CCC(=O)NC1C2CCC1CN(c1ncnc3c1CN(c1cc(Cl)nc4[nH]ccc14)[C@H](C)C3)C2. The fourth-order valence-electron chi connectivity index (χ4n) is 6.23. The van der Waals surface area contributed by atoms with Gasteiger partial charge in [-0.2, -0.15) is 0 Å². The summed E-state index contributed by atoms with van der Waals surface area (Å²) in [5.74, 6) is 2.14. The predicted octanol–water partition coefficient (Wildman–Crippen LogP) is 3.70. The summed E-state index contributed by atoms with van der Waals surface area (Å²) in [6, 6.07) is 4.59. The van der Waals surface area contributed by atoms with Crippen molar-refractivity contribution in [3.8, 4) is 0 Å². The average molecular weight is 480 g/mol. The number of carbonyl (C=O) groups is 1. The number of anilines is 2. The molecular formula is C25H30ClN7O. The molecule has 9 heteroatoms. The number of halogens is 1.